The zero-order valence-corrected chi connectivity index (χ0v) is 15.8. The molecule has 0 aliphatic rings. The minimum Gasteiger partial charge on any atom is -0.477 e. The van der Waals surface area contributed by atoms with E-state index in [0.29, 0.717) is 23.1 Å². The molecule has 0 N–H and O–H groups in total. The molecule has 0 fully saturated rings. The molecule has 0 saturated carbocycles. The average Bonchev–Trinajstić information content (AvgIpc) is 2.85. The van der Waals surface area contributed by atoms with Gasteiger partial charge in [0.15, 0.2) is 0 Å². The fourth-order valence-corrected chi connectivity index (χ4v) is 3.31. The summed E-state index contributed by atoms with van der Waals surface area (Å²) in [6.45, 7) is 2.59. The maximum atomic E-state index is 6.32. The zero-order chi connectivity index (χ0) is 17.8. The molecule has 25 heavy (non-hydrogen) atoms. The number of aryl methyl sites for hydroxylation is 2. The van der Waals surface area contributed by atoms with Gasteiger partial charge in [-0.1, -0.05) is 59.6 Å². The molecule has 0 saturated heterocycles. The molecule has 0 aliphatic carbocycles. The van der Waals surface area contributed by atoms with Gasteiger partial charge < -0.3 is 4.74 Å². The number of benzene rings is 2. The lowest BCUT2D eigenvalue weighted by atomic mass is 10.1. The lowest BCUT2D eigenvalue weighted by molar-refractivity contribution is 0.291. The maximum Gasteiger partial charge on any atom is 0.215 e. The number of hydrogen-bond acceptors (Lipinski definition) is 2. The molecule has 0 unspecified atom stereocenters. The quantitative estimate of drug-likeness (QED) is 0.589. The van der Waals surface area contributed by atoms with Crippen molar-refractivity contribution in [1.82, 2.24) is 9.78 Å². The first-order valence-corrected chi connectivity index (χ1v) is 8.93. The largest absolute Gasteiger partial charge is 0.477 e. The van der Waals surface area contributed by atoms with Crippen LogP contribution in [0.4, 0.5) is 0 Å². The van der Waals surface area contributed by atoms with Gasteiger partial charge in [0.1, 0.15) is 0 Å². The summed E-state index contributed by atoms with van der Waals surface area (Å²) in [6.07, 6.45) is 1.52. The van der Waals surface area contributed by atoms with Crippen molar-refractivity contribution >= 4 is 23.2 Å². The van der Waals surface area contributed by atoms with Crippen molar-refractivity contribution in [3.8, 4) is 5.88 Å². The van der Waals surface area contributed by atoms with E-state index in [-0.39, 0.29) is 0 Å². The number of hydrogen-bond donors (Lipinski definition) is 0. The summed E-state index contributed by atoms with van der Waals surface area (Å²) in [7, 11) is 1.90. The van der Waals surface area contributed by atoms with Gasteiger partial charge >= 0.3 is 0 Å². The van der Waals surface area contributed by atoms with Gasteiger partial charge in [-0.05, 0) is 30.2 Å². The second-order valence-corrected chi connectivity index (χ2v) is 6.83. The van der Waals surface area contributed by atoms with Gasteiger partial charge in [0, 0.05) is 35.5 Å². The first kappa shape index (κ1) is 17.8. The first-order chi connectivity index (χ1) is 12.0. The van der Waals surface area contributed by atoms with Gasteiger partial charge in [0.25, 0.3) is 0 Å². The van der Waals surface area contributed by atoms with Crippen LogP contribution in [-0.4, -0.2) is 16.4 Å². The van der Waals surface area contributed by atoms with Gasteiger partial charge in [-0.2, -0.15) is 5.10 Å². The topological polar surface area (TPSA) is 27.1 Å². The second kappa shape index (κ2) is 7.94. The zero-order valence-electron chi connectivity index (χ0n) is 14.3. The number of ether oxygens (including phenoxy) is 1. The van der Waals surface area contributed by atoms with Crippen molar-refractivity contribution < 1.29 is 4.74 Å². The molecular formula is C20H20Cl2N2O. The fourth-order valence-electron chi connectivity index (χ4n) is 2.83. The van der Waals surface area contributed by atoms with Gasteiger partial charge in [-0.3, -0.25) is 0 Å². The van der Waals surface area contributed by atoms with Crippen LogP contribution in [0.15, 0.2) is 48.5 Å². The van der Waals surface area contributed by atoms with E-state index in [1.807, 2.05) is 44.3 Å². The Labute approximate surface area is 158 Å². The molecule has 1 aromatic heterocycles. The van der Waals surface area contributed by atoms with E-state index in [4.69, 9.17) is 27.9 Å². The molecule has 0 radical (unpaired) electrons. The minimum atomic E-state index is 0.602. The van der Waals surface area contributed by atoms with Crippen molar-refractivity contribution in [3.05, 3.63) is 81.0 Å². The molecule has 1 heterocycles. The smallest absolute Gasteiger partial charge is 0.215 e. The van der Waals surface area contributed by atoms with Crippen LogP contribution < -0.4 is 4.74 Å². The van der Waals surface area contributed by atoms with Gasteiger partial charge in [0.2, 0.25) is 5.88 Å². The van der Waals surface area contributed by atoms with E-state index in [9.17, 15) is 0 Å². The molecule has 0 spiro atoms. The number of halogens is 2. The van der Waals surface area contributed by atoms with Crippen LogP contribution in [0.3, 0.4) is 0 Å². The first-order valence-electron chi connectivity index (χ1n) is 8.17. The molecule has 0 atom stereocenters. The summed E-state index contributed by atoms with van der Waals surface area (Å²) in [5.41, 5.74) is 4.27. The molecule has 2 aromatic carbocycles. The van der Waals surface area contributed by atoms with Gasteiger partial charge in [0.05, 0.1) is 12.3 Å². The highest BCUT2D eigenvalue weighted by Crippen LogP contribution is 2.29. The summed E-state index contributed by atoms with van der Waals surface area (Å²) in [4.78, 5) is 0. The fraction of sp³-hybridized carbons (Fsp3) is 0.250. The number of nitrogens with zero attached hydrogens (tertiary/aromatic N) is 2. The van der Waals surface area contributed by atoms with Crippen LogP contribution in [0.5, 0.6) is 5.88 Å². The lowest BCUT2D eigenvalue weighted by Gasteiger charge is -2.10. The molecular weight excluding hydrogens is 355 g/mol. The van der Waals surface area contributed by atoms with Crippen LogP contribution in [0.2, 0.25) is 10.0 Å². The molecule has 5 heteroatoms. The normalized spacial score (nSPS) is 10.9. The van der Waals surface area contributed by atoms with E-state index < -0.39 is 0 Å². The Bertz CT molecular complexity index is 860. The molecule has 0 aliphatic heterocycles. The lowest BCUT2D eigenvalue weighted by Crippen LogP contribution is -2.07. The molecule has 3 aromatic rings. The predicted molar refractivity (Wildman–Crippen MR) is 103 cm³/mol. The van der Waals surface area contributed by atoms with E-state index in [1.54, 1.807) is 10.7 Å². The second-order valence-electron chi connectivity index (χ2n) is 5.99. The highest BCUT2D eigenvalue weighted by molar-refractivity contribution is 6.35. The number of aromatic nitrogens is 2. The molecule has 130 valence electrons. The van der Waals surface area contributed by atoms with E-state index in [2.05, 4.69) is 17.2 Å². The van der Waals surface area contributed by atoms with Crippen LogP contribution >= 0.6 is 23.2 Å². The van der Waals surface area contributed by atoms with Crippen molar-refractivity contribution in [2.24, 2.45) is 7.05 Å². The monoisotopic (exact) mass is 374 g/mol. The van der Waals surface area contributed by atoms with Crippen molar-refractivity contribution in [3.63, 3.8) is 0 Å². The summed E-state index contributed by atoms with van der Waals surface area (Å²) < 4.78 is 7.85. The third kappa shape index (κ3) is 4.36. The Kier molecular flexibility index (Phi) is 5.67. The van der Waals surface area contributed by atoms with Crippen molar-refractivity contribution in [2.75, 3.05) is 6.61 Å². The molecule has 3 rings (SSSR count). The van der Waals surface area contributed by atoms with Gasteiger partial charge in [-0.15, -0.1) is 0 Å². The third-order valence-electron chi connectivity index (χ3n) is 4.14. The Morgan fingerprint density at radius 1 is 1.08 bits per heavy atom. The highest BCUT2D eigenvalue weighted by atomic mass is 35.5. The van der Waals surface area contributed by atoms with Crippen molar-refractivity contribution in [2.45, 2.75) is 19.8 Å². The van der Waals surface area contributed by atoms with E-state index >= 15 is 0 Å². The standard InChI is InChI=1S/C20H20Cl2N2O/c1-14-18(12-16-8-9-17(21)13-19(16)22)20(24(2)23-14)25-11-10-15-6-4-3-5-7-15/h3-9,13H,10-12H2,1-2H3. The third-order valence-corrected chi connectivity index (χ3v) is 4.73. The number of rotatable bonds is 6. The molecule has 0 amide bonds. The molecule has 0 bridgehead atoms. The van der Waals surface area contributed by atoms with Gasteiger partial charge in [-0.25, -0.2) is 4.68 Å². The Morgan fingerprint density at radius 3 is 2.56 bits per heavy atom. The summed E-state index contributed by atoms with van der Waals surface area (Å²) >= 11 is 12.3. The SMILES string of the molecule is Cc1nn(C)c(OCCc2ccccc2)c1Cc1ccc(Cl)cc1Cl. The highest BCUT2D eigenvalue weighted by Gasteiger charge is 2.16. The van der Waals surface area contributed by atoms with E-state index in [0.717, 1.165) is 29.1 Å². The van der Waals surface area contributed by atoms with E-state index in [1.165, 1.54) is 5.56 Å². The Hall–Kier alpha value is -1.97. The summed E-state index contributed by atoms with van der Waals surface area (Å²) in [5.74, 6) is 0.791. The minimum absolute atomic E-state index is 0.602. The predicted octanol–water partition coefficient (Wildman–Crippen LogP) is 5.25. The summed E-state index contributed by atoms with van der Waals surface area (Å²) in [5, 5.41) is 5.80. The Balaban J connectivity index is 1.76. The maximum absolute atomic E-state index is 6.32. The molecule has 3 nitrogen and oxygen atoms in total. The van der Waals surface area contributed by atoms with Crippen LogP contribution in [-0.2, 0) is 19.9 Å². The summed E-state index contributed by atoms with van der Waals surface area (Å²) in [6, 6.07) is 15.9. The Morgan fingerprint density at radius 2 is 1.84 bits per heavy atom. The average molecular weight is 375 g/mol. The van der Waals surface area contributed by atoms with Crippen LogP contribution in [0, 0.1) is 6.92 Å². The van der Waals surface area contributed by atoms with Crippen molar-refractivity contribution in [1.29, 1.82) is 0 Å². The van der Waals surface area contributed by atoms with Crippen LogP contribution in [0.1, 0.15) is 22.4 Å². The van der Waals surface area contributed by atoms with Crippen LogP contribution in [0.25, 0.3) is 0 Å².